The van der Waals surface area contributed by atoms with Gasteiger partial charge in [-0.05, 0) is 110 Å². The van der Waals surface area contributed by atoms with Crippen molar-refractivity contribution in [1.82, 2.24) is 29.8 Å². The Morgan fingerprint density at radius 3 is 2.17 bits per heavy atom. The quantitative estimate of drug-likeness (QED) is 0.132. The van der Waals surface area contributed by atoms with Gasteiger partial charge in [-0.15, -0.1) is 0 Å². The zero-order valence-corrected chi connectivity index (χ0v) is 37.3. The number of piperazine rings is 2. The van der Waals surface area contributed by atoms with E-state index in [1.165, 1.54) is 29.0 Å². The Morgan fingerprint density at radius 1 is 0.727 bits per heavy atom. The summed E-state index contributed by atoms with van der Waals surface area (Å²) in [6, 6.07) is 33.7. The van der Waals surface area contributed by atoms with E-state index in [-0.39, 0.29) is 24.3 Å². The Labute approximate surface area is 385 Å². The van der Waals surface area contributed by atoms with Gasteiger partial charge < -0.3 is 25.6 Å². The lowest BCUT2D eigenvalue weighted by Gasteiger charge is -2.43. The van der Waals surface area contributed by atoms with Gasteiger partial charge in [0.2, 0.25) is 5.91 Å². The minimum atomic E-state index is -0.473. The number of nitrogens with zero attached hydrogens (tertiary/aromatic N) is 7. The highest BCUT2D eigenvalue weighted by atomic mass is 16.5. The lowest BCUT2D eigenvalue weighted by atomic mass is 9.79. The van der Waals surface area contributed by atoms with Crippen molar-refractivity contribution in [1.29, 1.82) is 0 Å². The van der Waals surface area contributed by atoms with Gasteiger partial charge in [0.25, 0.3) is 11.8 Å². The van der Waals surface area contributed by atoms with E-state index in [9.17, 15) is 19.2 Å². The van der Waals surface area contributed by atoms with E-state index in [4.69, 9.17) is 15.6 Å². The molecule has 3 saturated heterocycles. The highest BCUT2D eigenvalue weighted by Crippen LogP contribution is 2.42. The number of primary amides is 1. The average molecular weight is 891 g/mol. The minimum Gasteiger partial charge on any atom is -0.457 e. The number of para-hydroxylation sites is 1. The lowest BCUT2D eigenvalue weighted by molar-refractivity contribution is -0.120. The first-order valence-electron chi connectivity index (χ1n) is 23.5. The second kappa shape index (κ2) is 19.0. The number of fused-ring (bicyclic) bond motifs is 1. The maximum absolute atomic E-state index is 13.5. The molecule has 1 aromatic heterocycles. The number of hydrogen-bond acceptors (Lipinski definition) is 10. The Bertz CT molecular complexity index is 2540. The van der Waals surface area contributed by atoms with E-state index in [1.54, 1.807) is 24.3 Å². The van der Waals surface area contributed by atoms with Crippen LogP contribution in [0.5, 0.6) is 11.5 Å². The number of aromatic nitrogens is 2. The highest BCUT2D eigenvalue weighted by molar-refractivity contribution is 6.06. The number of imide groups is 1. The highest BCUT2D eigenvalue weighted by Gasteiger charge is 2.37. The second-order valence-corrected chi connectivity index (χ2v) is 18.2. The van der Waals surface area contributed by atoms with Crippen molar-refractivity contribution in [2.75, 3.05) is 80.6 Å². The number of carbonyl (C=O) groups excluding carboxylic acids is 4. The van der Waals surface area contributed by atoms with Gasteiger partial charge in [0.1, 0.15) is 28.6 Å². The predicted octanol–water partition coefficient (Wildman–Crippen LogP) is 6.58. The van der Waals surface area contributed by atoms with Crippen LogP contribution in [0.25, 0.3) is 11.3 Å². The SMILES string of the molecule is NC(=O)c1c(-c2ccc(Oc3ccccc3)cc2)nn2c1NCC[C@H]2C1CCC(N2CCN(Cc3ccc(N4CCN(C(=O)c5cccc(N6CCC(=O)NC6=O)c5)CC4)cc3)CC2)CC1. The molecule has 4 aromatic carbocycles. The first-order valence-corrected chi connectivity index (χ1v) is 23.5. The summed E-state index contributed by atoms with van der Waals surface area (Å²) in [6.45, 7) is 8.97. The predicted molar refractivity (Wildman–Crippen MR) is 254 cm³/mol. The van der Waals surface area contributed by atoms with Crippen molar-refractivity contribution in [3.8, 4) is 22.8 Å². The lowest BCUT2D eigenvalue weighted by Crippen LogP contribution is -2.51. The molecule has 15 heteroatoms. The van der Waals surface area contributed by atoms with Crippen LogP contribution in [0.15, 0.2) is 103 Å². The van der Waals surface area contributed by atoms with Gasteiger partial charge in [0, 0.05) is 107 Å². The second-order valence-electron chi connectivity index (χ2n) is 18.2. The number of nitrogens with two attached hydrogens (primary N) is 1. The van der Waals surface area contributed by atoms with Crippen LogP contribution in [-0.2, 0) is 11.3 Å². The molecule has 4 fully saturated rings. The molecule has 66 heavy (non-hydrogen) atoms. The Kier molecular flexibility index (Phi) is 12.4. The number of nitrogens with one attached hydrogen (secondary N) is 2. The fourth-order valence-corrected chi connectivity index (χ4v) is 10.7. The molecule has 10 rings (SSSR count). The summed E-state index contributed by atoms with van der Waals surface area (Å²) in [6.07, 6.45) is 5.82. The molecule has 1 atom stereocenters. The molecule has 1 saturated carbocycles. The monoisotopic (exact) mass is 890 g/mol. The third-order valence-corrected chi connectivity index (χ3v) is 14.3. The summed E-state index contributed by atoms with van der Waals surface area (Å²) in [5, 5.41) is 10.9. The summed E-state index contributed by atoms with van der Waals surface area (Å²) >= 11 is 0. The molecule has 0 radical (unpaired) electrons. The topological polar surface area (TPSA) is 162 Å². The number of hydrogen-bond donors (Lipinski definition) is 3. The smallest absolute Gasteiger partial charge is 0.328 e. The molecule has 0 bridgehead atoms. The van der Waals surface area contributed by atoms with Gasteiger partial charge in [0.15, 0.2) is 0 Å². The number of carbonyl (C=O) groups is 4. The summed E-state index contributed by atoms with van der Waals surface area (Å²) in [4.78, 5) is 61.4. The fraction of sp³-hybridized carbons (Fsp3) is 0.392. The number of rotatable bonds is 11. The van der Waals surface area contributed by atoms with Gasteiger partial charge in [-0.25, -0.2) is 9.48 Å². The molecule has 4 aliphatic heterocycles. The first kappa shape index (κ1) is 43.2. The number of amides is 5. The van der Waals surface area contributed by atoms with Crippen LogP contribution in [0.1, 0.15) is 70.8 Å². The van der Waals surface area contributed by atoms with Crippen molar-refractivity contribution >= 4 is 40.9 Å². The Hall–Kier alpha value is -6.71. The summed E-state index contributed by atoms with van der Waals surface area (Å²) in [7, 11) is 0. The summed E-state index contributed by atoms with van der Waals surface area (Å²) in [5.74, 6) is 1.90. The number of anilines is 3. The molecule has 0 unspecified atom stereocenters. The van der Waals surface area contributed by atoms with Crippen LogP contribution in [0, 0.1) is 5.92 Å². The van der Waals surface area contributed by atoms with Crippen LogP contribution in [-0.4, -0.2) is 120 Å². The molecule has 5 aromatic rings. The zero-order valence-electron chi connectivity index (χ0n) is 37.3. The molecule has 5 aliphatic rings. The van der Waals surface area contributed by atoms with Gasteiger partial charge in [-0.1, -0.05) is 36.4 Å². The van der Waals surface area contributed by atoms with Crippen molar-refractivity contribution in [3.05, 3.63) is 120 Å². The third kappa shape index (κ3) is 9.22. The van der Waals surface area contributed by atoms with Crippen LogP contribution in [0.4, 0.5) is 22.0 Å². The van der Waals surface area contributed by atoms with E-state index in [2.05, 4.69) is 54.3 Å². The molecular weight excluding hydrogens is 833 g/mol. The molecular formula is C51H58N10O5. The number of urea groups is 1. The zero-order chi connectivity index (χ0) is 45.1. The van der Waals surface area contributed by atoms with Crippen LogP contribution in [0.3, 0.4) is 0 Å². The molecule has 342 valence electrons. The minimum absolute atomic E-state index is 0.0520. The van der Waals surface area contributed by atoms with Crippen molar-refractivity contribution in [2.45, 2.75) is 57.2 Å². The van der Waals surface area contributed by atoms with Crippen LogP contribution < -0.4 is 30.9 Å². The maximum Gasteiger partial charge on any atom is 0.328 e. The van der Waals surface area contributed by atoms with E-state index in [0.29, 0.717) is 59.9 Å². The largest absolute Gasteiger partial charge is 0.457 e. The van der Waals surface area contributed by atoms with E-state index in [0.717, 1.165) is 88.8 Å². The molecule has 0 spiro atoms. The van der Waals surface area contributed by atoms with Gasteiger partial charge >= 0.3 is 6.03 Å². The Balaban J connectivity index is 0.681. The molecule has 5 heterocycles. The molecule has 15 nitrogen and oxygen atoms in total. The first-order chi connectivity index (χ1) is 32.2. The van der Waals surface area contributed by atoms with Crippen molar-refractivity contribution < 1.29 is 23.9 Å². The average Bonchev–Trinajstić information content (AvgIpc) is 3.76. The molecule has 1 aliphatic carbocycles. The normalized spacial score (nSPS) is 21.8. The maximum atomic E-state index is 13.5. The van der Waals surface area contributed by atoms with Crippen molar-refractivity contribution in [2.24, 2.45) is 11.7 Å². The molecule has 4 N–H and O–H groups in total. The fourth-order valence-electron chi connectivity index (χ4n) is 10.7. The number of benzene rings is 4. The van der Waals surface area contributed by atoms with E-state index in [1.807, 2.05) is 59.5 Å². The van der Waals surface area contributed by atoms with Gasteiger partial charge in [0.05, 0.1) is 6.04 Å². The standard InChI is InChI=1S/C51H58N10O5/c52-48(63)46-47(37-13-19-43(20-14-37)66-42-7-2-1-3-8-42)55-61-44(21-23-53-49(46)61)36-11-17-40(18-12-36)57-27-25-56(26-28-57)34-35-9-15-39(16-10-35)58-29-31-59(32-30-58)50(64)38-5-4-6-41(33-38)60-24-22-45(62)54-51(60)65/h1-10,13-16,19-20,33,36,40,44,53H,11-12,17-18,21-32,34H2,(H2,52,63)(H,54,62,65)/t36?,40?,44-/m0/s1. The third-order valence-electron chi connectivity index (χ3n) is 14.3. The van der Waals surface area contributed by atoms with Crippen molar-refractivity contribution in [3.63, 3.8) is 0 Å². The van der Waals surface area contributed by atoms with E-state index < -0.39 is 11.9 Å². The van der Waals surface area contributed by atoms with E-state index >= 15 is 0 Å². The molecule has 5 amide bonds. The van der Waals surface area contributed by atoms with Crippen LogP contribution in [0.2, 0.25) is 0 Å². The Morgan fingerprint density at radius 2 is 1.45 bits per heavy atom. The summed E-state index contributed by atoms with van der Waals surface area (Å²) < 4.78 is 8.07. The van der Waals surface area contributed by atoms with Gasteiger partial charge in [-0.2, -0.15) is 5.10 Å². The van der Waals surface area contributed by atoms with Crippen LogP contribution >= 0.6 is 0 Å². The summed E-state index contributed by atoms with van der Waals surface area (Å²) in [5.41, 5.74) is 11.6. The number of ether oxygens (including phenoxy) is 1. The van der Waals surface area contributed by atoms with Gasteiger partial charge in [-0.3, -0.25) is 34.4 Å².